The van der Waals surface area contributed by atoms with Crippen LogP contribution in [0.3, 0.4) is 0 Å². The van der Waals surface area contributed by atoms with Crippen LogP contribution in [0.15, 0.2) is 35.4 Å². The first-order chi connectivity index (χ1) is 22.9. The molecule has 0 atom stereocenters. The normalized spacial score (nSPS) is 16.7. The van der Waals surface area contributed by atoms with E-state index in [-0.39, 0.29) is 24.3 Å². The molecule has 1 aliphatic heterocycles. The predicted molar refractivity (Wildman–Crippen MR) is 125 cm³/mol. The summed E-state index contributed by atoms with van der Waals surface area (Å²) in [6, 6.07) is -0.0121. The van der Waals surface area contributed by atoms with Crippen LogP contribution < -0.4 is 28.4 Å². The van der Waals surface area contributed by atoms with E-state index in [4.69, 9.17) is 4.74 Å². The molecular formula is C25H10F18O8. The second-order valence-electron chi connectivity index (χ2n) is 9.14. The SMILES string of the molecule is O=C1/C(=C/c2cc(OC(F)(F)F)c(OC(F)(F)F)c(OC(F)(F)F)c2)COC/C1=C\c1cc(OC(F)(F)F)c(OC(F)(F)F)c(OC(F)(F)F)c1. The van der Waals surface area contributed by atoms with E-state index in [2.05, 4.69) is 28.4 Å². The monoisotopic (exact) mass is 780 g/mol. The molecule has 1 fully saturated rings. The van der Waals surface area contributed by atoms with Gasteiger partial charge in [0.25, 0.3) is 0 Å². The summed E-state index contributed by atoms with van der Waals surface area (Å²) in [7, 11) is 0. The van der Waals surface area contributed by atoms with E-state index in [0.29, 0.717) is 12.2 Å². The van der Waals surface area contributed by atoms with Gasteiger partial charge in [-0.05, 0) is 47.5 Å². The maximum absolute atomic E-state index is 13.1. The standard InChI is InChI=1S/C25H10F18O8/c26-20(27,28)46-13-3-9(4-14(47-21(29,30)31)18(13)50-24(38,39)40)1-11-7-45-8-12(17(11)44)2-10-5-15(48-22(32,33)34)19(51-25(41,42)43)16(6-10)49-23(35,36)37/h1-6H,7-8H2/b11-1+,12-2+. The lowest BCUT2D eigenvalue weighted by Crippen LogP contribution is -2.24. The van der Waals surface area contributed by atoms with Crippen molar-refractivity contribution in [2.24, 2.45) is 0 Å². The Labute approximate surface area is 268 Å². The van der Waals surface area contributed by atoms with Gasteiger partial charge in [0.05, 0.1) is 13.2 Å². The quantitative estimate of drug-likeness (QED) is 0.194. The van der Waals surface area contributed by atoms with Gasteiger partial charge in [0, 0.05) is 11.1 Å². The molecule has 2 aromatic rings. The van der Waals surface area contributed by atoms with Crippen molar-refractivity contribution in [2.75, 3.05) is 13.2 Å². The summed E-state index contributed by atoms with van der Waals surface area (Å²) in [5.74, 6) is -14.2. The zero-order valence-electron chi connectivity index (χ0n) is 23.4. The van der Waals surface area contributed by atoms with Crippen LogP contribution >= 0.6 is 0 Å². The molecule has 2 aromatic carbocycles. The van der Waals surface area contributed by atoms with Gasteiger partial charge < -0.3 is 33.2 Å². The lowest BCUT2D eigenvalue weighted by molar-refractivity contribution is -0.293. The van der Waals surface area contributed by atoms with Crippen LogP contribution in [0, 0.1) is 0 Å². The number of benzene rings is 2. The van der Waals surface area contributed by atoms with Crippen molar-refractivity contribution in [2.45, 2.75) is 38.2 Å². The molecule has 1 aliphatic rings. The minimum atomic E-state index is -5.92. The zero-order chi connectivity index (χ0) is 39.0. The Kier molecular flexibility index (Phi) is 11.1. The van der Waals surface area contributed by atoms with Crippen molar-refractivity contribution in [3.05, 3.63) is 46.5 Å². The predicted octanol–water partition coefficient (Wildman–Crippen LogP) is 9.14. The fraction of sp³-hybridized carbons (Fsp3) is 0.320. The zero-order valence-corrected chi connectivity index (χ0v) is 23.4. The lowest BCUT2D eigenvalue weighted by atomic mass is 9.97. The van der Waals surface area contributed by atoms with E-state index >= 15 is 0 Å². The average molecular weight is 780 g/mol. The first kappa shape index (κ1) is 40.5. The van der Waals surface area contributed by atoms with Crippen LogP contribution in [0.25, 0.3) is 12.2 Å². The summed E-state index contributed by atoms with van der Waals surface area (Å²) < 4.78 is 257. The largest absolute Gasteiger partial charge is 0.573 e. The van der Waals surface area contributed by atoms with Gasteiger partial charge in [-0.2, -0.15) is 0 Å². The third kappa shape index (κ3) is 13.4. The molecule has 0 unspecified atom stereocenters. The molecule has 284 valence electrons. The molecule has 0 saturated carbocycles. The number of rotatable bonds is 8. The summed E-state index contributed by atoms with van der Waals surface area (Å²) in [4.78, 5) is 13.1. The van der Waals surface area contributed by atoms with E-state index in [9.17, 15) is 83.8 Å². The summed E-state index contributed by atoms with van der Waals surface area (Å²) in [6.07, 6.45) is -34.5. The molecule has 1 heterocycles. The molecule has 0 radical (unpaired) electrons. The fourth-order valence-corrected chi connectivity index (χ4v) is 3.82. The molecule has 0 N–H and O–H groups in total. The summed E-state index contributed by atoms with van der Waals surface area (Å²) >= 11 is 0. The highest BCUT2D eigenvalue weighted by Crippen LogP contribution is 2.47. The number of ether oxygens (including phenoxy) is 7. The van der Waals surface area contributed by atoms with Crippen LogP contribution in [0.4, 0.5) is 79.0 Å². The van der Waals surface area contributed by atoms with Gasteiger partial charge in [-0.3, -0.25) is 4.79 Å². The van der Waals surface area contributed by atoms with Crippen LogP contribution in [0.5, 0.6) is 34.5 Å². The van der Waals surface area contributed by atoms with Gasteiger partial charge in [0.2, 0.25) is 11.5 Å². The number of alkyl halides is 18. The molecule has 0 aliphatic carbocycles. The van der Waals surface area contributed by atoms with Crippen molar-refractivity contribution >= 4 is 17.9 Å². The van der Waals surface area contributed by atoms with Crippen molar-refractivity contribution in [3.8, 4) is 34.5 Å². The van der Waals surface area contributed by atoms with Gasteiger partial charge >= 0.3 is 38.2 Å². The van der Waals surface area contributed by atoms with E-state index in [1.54, 1.807) is 0 Å². The molecular weight excluding hydrogens is 770 g/mol. The lowest BCUT2D eigenvalue weighted by Gasteiger charge is -2.21. The van der Waals surface area contributed by atoms with E-state index in [1.807, 2.05) is 0 Å². The summed E-state index contributed by atoms with van der Waals surface area (Å²) in [6.45, 7) is -1.77. The maximum Gasteiger partial charge on any atom is 0.573 e. The molecule has 0 spiro atoms. The molecule has 3 rings (SSSR count). The summed E-state index contributed by atoms with van der Waals surface area (Å²) in [5.41, 5.74) is -3.56. The molecule has 0 aromatic heterocycles. The Hall–Kier alpha value is -4.91. The first-order valence-electron chi connectivity index (χ1n) is 12.3. The van der Waals surface area contributed by atoms with Crippen LogP contribution in [0.2, 0.25) is 0 Å². The maximum atomic E-state index is 13.1. The highest BCUT2D eigenvalue weighted by molar-refractivity contribution is 6.14. The Bertz CT molecular complexity index is 1470. The fourth-order valence-electron chi connectivity index (χ4n) is 3.82. The Balaban J connectivity index is 2.19. The van der Waals surface area contributed by atoms with Gasteiger partial charge in [0.15, 0.2) is 28.8 Å². The number of hydrogen-bond acceptors (Lipinski definition) is 8. The van der Waals surface area contributed by atoms with Crippen LogP contribution in [0.1, 0.15) is 11.1 Å². The van der Waals surface area contributed by atoms with E-state index in [0.717, 1.165) is 0 Å². The molecule has 1 saturated heterocycles. The van der Waals surface area contributed by atoms with Crippen molar-refractivity contribution in [1.82, 2.24) is 0 Å². The number of hydrogen-bond donors (Lipinski definition) is 0. The highest BCUT2D eigenvalue weighted by atomic mass is 19.4. The first-order valence-corrected chi connectivity index (χ1v) is 12.3. The second kappa shape index (κ2) is 14.0. The van der Waals surface area contributed by atoms with Crippen molar-refractivity contribution in [1.29, 1.82) is 0 Å². The molecule has 26 heteroatoms. The third-order valence-corrected chi connectivity index (χ3v) is 5.20. The summed E-state index contributed by atoms with van der Waals surface area (Å²) in [5, 5.41) is 0. The second-order valence-corrected chi connectivity index (χ2v) is 9.14. The van der Waals surface area contributed by atoms with E-state index in [1.165, 1.54) is 0 Å². The van der Waals surface area contributed by atoms with Crippen molar-refractivity contribution in [3.63, 3.8) is 0 Å². The molecule has 8 nitrogen and oxygen atoms in total. The van der Waals surface area contributed by atoms with Gasteiger partial charge in [0.1, 0.15) is 0 Å². The number of halogens is 18. The molecule has 0 amide bonds. The van der Waals surface area contributed by atoms with Crippen LogP contribution in [-0.4, -0.2) is 57.2 Å². The number of carbonyl (C=O) groups excluding carboxylic acids is 1. The Morgan fingerprint density at radius 1 is 0.431 bits per heavy atom. The topological polar surface area (TPSA) is 81.7 Å². The number of ketones is 1. The number of carbonyl (C=O) groups is 1. The highest BCUT2D eigenvalue weighted by Gasteiger charge is 2.43. The van der Waals surface area contributed by atoms with Crippen molar-refractivity contribution < 1.29 is 117 Å². The van der Waals surface area contributed by atoms with E-state index < -0.39 is 114 Å². The van der Waals surface area contributed by atoms with Crippen LogP contribution in [-0.2, 0) is 9.53 Å². The average Bonchev–Trinajstić information content (AvgIpc) is 2.86. The smallest absolute Gasteiger partial charge is 0.402 e. The molecule has 0 bridgehead atoms. The van der Waals surface area contributed by atoms with Gasteiger partial charge in [-0.15, -0.1) is 79.0 Å². The Morgan fingerprint density at radius 3 is 0.882 bits per heavy atom. The minimum absolute atomic E-state index is 0.00302. The Morgan fingerprint density at radius 2 is 0.667 bits per heavy atom. The minimum Gasteiger partial charge on any atom is -0.402 e. The van der Waals surface area contributed by atoms with Gasteiger partial charge in [-0.1, -0.05) is 0 Å². The third-order valence-electron chi connectivity index (χ3n) is 5.20. The van der Waals surface area contributed by atoms with Gasteiger partial charge in [-0.25, -0.2) is 0 Å². The molecule has 51 heavy (non-hydrogen) atoms. The number of Topliss-reactive ketones (excluding diaryl/α,β-unsaturated/α-hetero) is 1.